The largest absolute Gasteiger partial charge is 0.394 e. The summed E-state index contributed by atoms with van der Waals surface area (Å²) in [5.41, 5.74) is 4.07. The van der Waals surface area contributed by atoms with Crippen molar-refractivity contribution in [2.75, 3.05) is 26.1 Å². The van der Waals surface area contributed by atoms with Crippen molar-refractivity contribution >= 4 is 17.1 Å². The number of nitrogens with zero attached hydrogens (tertiary/aromatic N) is 3. The Hall–Kier alpha value is -2.25. The average Bonchev–Trinajstić information content (AvgIpc) is 3.00. The quantitative estimate of drug-likeness (QED) is 0.367. The summed E-state index contributed by atoms with van der Waals surface area (Å²) in [5, 5.41) is 29.3. The lowest BCUT2D eigenvalue weighted by atomic mass is 10.1. The molecule has 0 spiro atoms. The zero-order chi connectivity index (χ0) is 18.3. The number of nitrogen functional groups attached to an aromatic ring is 1. The number of hydrogen-bond acceptors (Lipinski definition) is 9. The van der Waals surface area contributed by atoms with Crippen molar-refractivity contribution in [3.05, 3.63) is 20.8 Å². The molecule has 0 amide bonds. The first kappa shape index (κ1) is 17.6. The highest BCUT2D eigenvalue weighted by Gasteiger charge is 2.45. The van der Waals surface area contributed by atoms with Gasteiger partial charge in [-0.25, -0.2) is 9.36 Å². The van der Waals surface area contributed by atoms with E-state index in [1.54, 1.807) is 0 Å². The third-order valence-electron chi connectivity index (χ3n) is 4.12. The topological polar surface area (TPSA) is 178 Å². The lowest BCUT2D eigenvalue weighted by Crippen LogP contribution is -2.36. The predicted octanol–water partition coefficient (Wildman–Crippen LogP) is -3.27. The fourth-order valence-electron chi connectivity index (χ4n) is 2.91. The summed E-state index contributed by atoms with van der Waals surface area (Å²) in [5.74, 6) is -0.220. The highest BCUT2D eigenvalue weighted by Crippen LogP contribution is 2.30. The van der Waals surface area contributed by atoms with E-state index in [9.17, 15) is 24.9 Å². The number of fused-ring (bicyclic) bond motifs is 1. The highest BCUT2D eigenvalue weighted by atomic mass is 16.6. The number of rotatable bonds is 5. The van der Waals surface area contributed by atoms with Crippen LogP contribution in [0.3, 0.4) is 0 Å². The van der Waals surface area contributed by atoms with Gasteiger partial charge in [-0.2, -0.15) is 4.98 Å². The zero-order valence-corrected chi connectivity index (χ0v) is 13.3. The fraction of sp³-hybridized carbons (Fsp3) is 0.615. The average molecular weight is 357 g/mol. The molecule has 25 heavy (non-hydrogen) atoms. The van der Waals surface area contributed by atoms with Crippen LogP contribution >= 0.6 is 0 Å². The first-order valence-corrected chi connectivity index (χ1v) is 7.52. The lowest BCUT2D eigenvalue weighted by molar-refractivity contribution is -0.0528. The van der Waals surface area contributed by atoms with Gasteiger partial charge in [-0.05, 0) is 0 Å². The van der Waals surface area contributed by atoms with Crippen LogP contribution in [-0.4, -0.2) is 73.1 Å². The van der Waals surface area contributed by atoms with E-state index in [0.717, 1.165) is 9.13 Å². The molecule has 0 aliphatic carbocycles. The molecule has 0 radical (unpaired) electrons. The molecule has 1 aliphatic heterocycles. The molecule has 2 aromatic rings. The van der Waals surface area contributed by atoms with Gasteiger partial charge in [0.2, 0.25) is 5.95 Å². The van der Waals surface area contributed by atoms with E-state index in [1.165, 1.54) is 7.11 Å². The highest BCUT2D eigenvalue weighted by molar-refractivity contribution is 5.71. The summed E-state index contributed by atoms with van der Waals surface area (Å²) in [6, 6.07) is 0. The Morgan fingerprint density at radius 2 is 2.08 bits per heavy atom. The number of imidazole rings is 1. The molecule has 1 fully saturated rings. The van der Waals surface area contributed by atoms with Crippen molar-refractivity contribution in [3.8, 4) is 0 Å². The number of aromatic amines is 1. The number of aliphatic hydroxyl groups is 3. The van der Waals surface area contributed by atoms with Gasteiger partial charge in [-0.15, -0.1) is 0 Å². The molecule has 3 rings (SSSR count). The molecule has 0 bridgehead atoms. The summed E-state index contributed by atoms with van der Waals surface area (Å²) in [4.78, 5) is 31.3. The number of methoxy groups -OCH3 is 1. The van der Waals surface area contributed by atoms with Gasteiger partial charge >= 0.3 is 5.69 Å². The number of nitrogens with one attached hydrogen (secondary N) is 1. The Balaban J connectivity index is 2.23. The van der Waals surface area contributed by atoms with Crippen LogP contribution in [0.4, 0.5) is 5.95 Å². The number of nitrogens with two attached hydrogens (primary N) is 1. The van der Waals surface area contributed by atoms with Gasteiger partial charge in [-0.3, -0.25) is 14.3 Å². The molecule has 2 aromatic heterocycles. The summed E-state index contributed by atoms with van der Waals surface area (Å²) in [6.07, 6.45) is -5.32. The van der Waals surface area contributed by atoms with Crippen LogP contribution in [0.5, 0.6) is 0 Å². The molecule has 0 unspecified atom stereocenters. The van der Waals surface area contributed by atoms with Gasteiger partial charge in [0.05, 0.1) is 19.8 Å². The van der Waals surface area contributed by atoms with Crippen LogP contribution in [0.2, 0.25) is 0 Å². The monoisotopic (exact) mass is 357 g/mol. The first-order valence-electron chi connectivity index (χ1n) is 7.52. The summed E-state index contributed by atoms with van der Waals surface area (Å²) in [7, 11) is 1.44. The minimum Gasteiger partial charge on any atom is -0.394 e. The van der Waals surface area contributed by atoms with Crippen molar-refractivity contribution in [2.45, 2.75) is 31.1 Å². The van der Waals surface area contributed by atoms with Crippen LogP contribution in [0.25, 0.3) is 11.2 Å². The number of H-pyrrole nitrogens is 1. The summed E-state index contributed by atoms with van der Waals surface area (Å²) >= 11 is 0. The number of hydrogen-bond donors (Lipinski definition) is 5. The second-order valence-corrected chi connectivity index (χ2v) is 5.65. The van der Waals surface area contributed by atoms with Crippen LogP contribution < -0.4 is 17.0 Å². The Labute approximate surface area is 140 Å². The molecular weight excluding hydrogens is 338 g/mol. The molecule has 0 aromatic carbocycles. The van der Waals surface area contributed by atoms with E-state index < -0.39 is 42.4 Å². The van der Waals surface area contributed by atoms with Gasteiger partial charge in [0.15, 0.2) is 17.4 Å². The molecule has 12 nitrogen and oxygen atoms in total. The number of ether oxygens (including phenoxy) is 2. The minimum absolute atomic E-state index is 0.0578. The molecular formula is C13H19N5O7. The van der Waals surface area contributed by atoms with Crippen molar-refractivity contribution in [2.24, 2.45) is 0 Å². The molecule has 4 atom stereocenters. The van der Waals surface area contributed by atoms with E-state index >= 15 is 0 Å². The third kappa shape index (κ3) is 2.73. The second kappa shape index (κ2) is 6.57. The van der Waals surface area contributed by atoms with E-state index in [-0.39, 0.29) is 30.3 Å². The molecule has 3 heterocycles. The van der Waals surface area contributed by atoms with Gasteiger partial charge in [-0.1, -0.05) is 0 Å². The van der Waals surface area contributed by atoms with Crippen LogP contribution in [-0.2, 0) is 16.0 Å². The van der Waals surface area contributed by atoms with E-state index in [2.05, 4.69) is 9.97 Å². The van der Waals surface area contributed by atoms with Gasteiger partial charge in [0.1, 0.15) is 18.3 Å². The maximum atomic E-state index is 12.8. The van der Waals surface area contributed by atoms with Crippen molar-refractivity contribution in [1.82, 2.24) is 19.1 Å². The SMILES string of the molecule is COCCn1c(=O)n([C@@H]2O[C@H](CO)[C@@H](O)[C@H]2O)c2nc(N)[nH]c(=O)c21. The Bertz CT molecular complexity index is 887. The maximum Gasteiger partial charge on any atom is 0.332 e. The molecule has 6 N–H and O–H groups in total. The Morgan fingerprint density at radius 1 is 1.36 bits per heavy atom. The lowest BCUT2D eigenvalue weighted by Gasteiger charge is -2.15. The van der Waals surface area contributed by atoms with E-state index in [1.807, 2.05) is 0 Å². The predicted molar refractivity (Wildman–Crippen MR) is 83.9 cm³/mol. The maximum absolute atomic E-state index is 12.8. The van der Waals surface area contributed by atoms with Crippen LogP contribution in [0.1, 0.15) is 6.23 Å². The van der Waals surface area contributed by atoms with Crippen molar-refractivity contribution in [3.63, 3.8) is 0 Å². The van der Waals surface area contributed by atoms with Crippen LogP contribution in [0, 0.1) is 0 Å². The molecule has 12 heteroatoms. The second-order valence-electron chi connectivity index (χ2n) is 5.65. The molecule has 138 valence electrons. The molecule has 1 saturated heterocycles. The normalized spacial score (nSPS) is 26.6. The van der Waals surface area contributed by atoms with Gasteiger partial charge in [0, 0.05) is 7.11 Å². The van der Waals surface area contributed by atoms with E-state index in [0.29, 0.717) is 0 Å². The summed E-state index contributed by atoms with van der Waals surface area (Å²) in [6.45, 7) is -0.344. The first-order chi connectivity index (χ1) is 11.9. The number of aliphatic hydroxyl groups excluding tert-OH is 3. The van der Waals surface area contributed by atoms with Crippen LogP contribution in [0.15, 0.2) is 9.59 Å². The third-order valence-corrected chi connectivity index (χ3v) is 4.12. The fourth-order valence-corrected chi connectivity index (χ4v) is 2.91. The summed E-state index contributed by atoms with van der Waals surface area (Å²) < 4.78 is 12.4. The smallest absolute Gasteiger partial charge is 0.332 e. The van der Waals surface area contributed by atoms with E-state index in [4.69, 9.17) is 15.2 Å². The standard InChI is InChI=1S/C13H19N5O7/c1-24-3-2-17-6-9(15-12(14)16-10(6)22)18(13(17)23)11-8(21)7(20)5(4-19)25-11/h5,7-8,11,19-21H,2-4H2,1H3,(H3,14,15,16,22)/t5-,7-,8-,11-/m1/s1. The van der Waals surface area contributed by atoms with Gasteiger partial charge < -0.3 is 30.5 Å². The Morgan fingerprint density at radius 3 is 2.68 bits per heavy atom. The minimum atomic E-state index is -1.50. The number of anilines is 1. The van der Waals surface area contributed by atoms with Gasteiger partial charge in [0.25, 0.3) is 5.56 Å². The van der Waals surface area contributed by atoms with Crippen molar-refractivity contribution < 1.29 is 24.8 Å². The molecule has 1 aliphatic rings. The van der Waals surface area contributed by atoms with Crippen molar-refractivity contribution in [1.29, 1.82) is 0 Å². The Kier molecular flexibility index (Phi) is 4.62. The number of aromatic nitrogens is 4. The zero-order valence-electron chi connectivity index (χ0n) is 13.3. The molecule has 0 saturated carbocycles.